The van der Waals surface area contributed by atoms with Gasteiger partial charge in [0.15, 0.2) is 0 Å². The first kappa shape index (κ1) is 12.3. The van der Waals surface area contributed by atoms with Crippen LogP contribution < -0.4 is 5.32 Å². The molecule has 1 aromatic rings. The number of pyridine rings is 1. The van der Waals surface area contributed by atoms with Gasteiger partial charge in [0.1, 0.15) is 5.69 Å². The average Bonchev–Trinajstić information content (AvgIpc) is 2.30. The third kappa shape index (κ3) is 3.41. The molecule has 6 heteroatoms. The second kappa shape index (κ2) is 5.01. The van der Waals surface area contributed by atoms with Crippen molar-refractivity contribution in [2.75, 3.05) is 26.2 Å². The van der Waals surface area contributed by atoms with Crippen molar-refractivity contribution >= 4 is 0 Å². The van der Waals surface area contributed by atoms with Gasteiger partial charge < -0.3 is 5.32 Å². The van der Waals surface area contributed by atoms with Gasteiger partial charge in [0.05, 0.1) is 0 Å². The molecule has 0 amide bonds. The van der Waals surface area contributed by atoms with Crippen LogP contribution >= 0.6 is 0 Å². The fourth-order valence-electron chi connectivity index (χ4n) is 1.81. The molecule has 0 aromatic carbocycles. The molecule has 1 saturated heterocycles. The number of alkyl halides is 3. The first-order valence-corrected chi connectivity index (χ1v) is 5.51. The highest BCUT2D eigenvalue weighted by atomic mass is 19.4. The third-order valence-electron chi connectivity index (χ3n) is 2.73. The quantitative estimate of drug-likeness (QED) is 0.856. The summed E-state index contributed by atoms with van der Waals surface area (Å²) in [6.45, 7) is 4.34. The van der Waals surface area contributed by atoms with Crippen LogP contribution in [0.2, 0.25) is 0 Å². The molecule has 0 spiro atoms. The van der Waals surface area contributed by atoms with Crippen LogP contribution in [0.5, 0.6) is 0 Å². The Bertz CT molecular complexity index is 355. The number of rotatable bonds is 2. The number of halogens is 3. The normalized spacial score (nSPS) is 18.3. The predicted molar refractivity (Wildman–Crippen MR) is 57.4 cm³/mol. The molecule has 0 aliphatic carbocycles. The summed E-state index contributed by atoms with van der Waals surface area (Å²) in [5.74, 6) is 0. The van der Waals surface area contributed by atoms with Crippen molar-refractivity contribution in [3.63, 3.8) is 0 Å². The Morgan fingerprint density at radius 1 is 1.24 bits per heavy atom. The van der Waals surface area contributed by atoms with Crippen LogP contribution in [-0.2, 0) is 12.7 Å². The standard InChI is InChI=1S/C11H14F3N3/c12-11(13,14)10-2-1-9(7-16-10)8-17-5-3-15-4-6-17/h1-2,7,15H,3-6,8H2. The summed E-state index contributed by atoms with van der Waals surface area (Å²) in [6, 6.07) is 2.54. The van der Waals surface area contributed by atoms with E-state index in [9.17, 15) is 13.2 Å². The number of nitrogens with one attached hydrogen (secondary N) is 1. The van der Waals surface area contributed by atoms with Crippen molar-refractivity contribution in [2.24, 2.45) is 0 Å². The fourth-order valence-corrected chi connectivity index (χ4v) is 1.81. The van der Waals surface area contributed by atoms with E-state index >= 15 is 0 Å². The van der Waals surface area contributed by atoms with Gasteiger partial charge in [-0.15, -0.1) is 0 Å². The molecule has 0 atom stereocenters. The number of hydrogen-bond acceptors (Lipinski definition) is 3. The van der Waals surface area contributed by atoms with E-state index in [-0.39, 0.29) is 0 Å². The molecular weight excluding hydrogens is 231 g/mol. The molecule has 0 radical (unpaired) electrons. The summed E-state index contributed by atoms with van der Waals surface area (Å²) in [6.07, 6.45) is -3.04. The molecule has 17 heavy (non-hydrogen) atoms. The minimum atomic E-state index is -4.35. The van der Waals surface area contributed by atoms with Crippen LogP contribution in [-0.4, -0.2) is 36.1 Å². The van der Waals surface area contributed by atoms with Crippen LogP contribution in [0.25, 0.3) is 0 Å². The molecular formula is C11H14F3N3. The molecule has 0 saturated carbocycles. The molecule has 2 heterocycles. The first-order valence-electron chi connectivity index (χ1n) is 5.51. The lowest BCUT2D eigenvalue weighted by Gasteiger charge is -2.27. The van der Waals surface area contributed by atoms with Gasteiger partial charge in [-0.1, -0.05) is 6.07 Å². The van der Waals surface area contributed by atoms with Crippen LogP contribution in [0.4, 0.5) is 13.2 Å². The van der Waals surface area contributed by atoms with Gasteiger partial charge in [-0.3, -0.25) is 9.88 Å². The highest BCUT2D eigenvalue weighted by molar-refractivity contribution is 5.16. The van der Waals surface area contributed by atoms with E-state index in [1.807, 2.05) is 0 Å². The van der Waals surface area contributed by atoms with E-state index in [1.54, 1.807) is 0 Å². The van der Waals surface area contributed by atoms with Gasteiger partial charge in [0, 0.05) is 38.9 Å². The minimum Gasteiger partial charge on any atom is -0.314 e. The van der Waals surface area contributed by atoms with E-state index in [4.69, 9.17) is 0 Å². The summed E-state index contributed by atoms with van der Waals surface area (Å²) in [7, 11) is 0. The van der Waals surface area contributed by atoms with Crippen molar-refractivity contribution < 1.29 is 13.2 Å². The van der Waals surface area contributed by atoms with E-state index in [1.165, 1.54) is 12.3 Å². The lowest BCUT2D eigenvalue weighted by Crippen LogP contribution is -2.42. The topological polar surface area (TPSA) is 28.2 Å². The maximum absolute atomic E-state index is 12.3. The van der Waals surface area contributed by atoms with Gasteiger partial charge in [-0.2, -0.15) is 13.2 Å². The van der Waals surface area contributed by atoms with Crippen molar-refractivity contribution in [3.8, 4) is 0 Å². The zero-order valence-corrected chi connectivity index (χ0v) is 9.30. The lowest BCUT2D eigenvalue weighted by atomic mass is 10.2. The molecule has 0 bridgehead atoms. The van der Waals surface area contributed by atoms with Crippen LogP contribution in [0.1, 0.15) is 11.3 Å². The maximum atomic E-state index is 12.3. The summed E-state index contributed by atoms with van der Waals surface area (Å²) in [4.78, 5) is 5.64. The monoisotopic (exact) mass is 245 g/mol. The Morgan fingerprint density at radius 3 is 2.47 bits per heavy atom. The van der Waals surface area contributed by atoms with Crippen molar-refractivity contribution in [1.82, 2.24) is 15.2 Å². The maximum Gasteiger partial charge on any atom is 0.433 e. The summed E-state index contributed by atoms with van der Waals surface area (Å²) < 4.78 is 36.9. The van der Waals surface area contributed by atoms with Crippen LogP contribution in [0.15, 0.2) is 18.3 Å². The van der Waals surface area contributed by atoms with Crippen LogP contribution in [0, 0.1) is 0 Å². The summed E-state index contributed by atoms with van der Waals surface area (Å²) in [5, 5.41) is 3.22. The molecule has 94 valence electrons. The minimum absolute atomic E-state index is 0.660. The van der Waals surface area contributed by atoms with E-state index < -0.39 is 11.9 Å². The van der Waals surface area contributed by atoms with Crippen molar-refractivity contribution in [3.05, 3.63) is 29.6 Å². The molecule has 1 aromatic heterocycles. The predicted octanol–water partition coefficient (Wildman–Crippen LogP) is 1.51. The zero-order chi connectivity index (χ0) is 12.3. The fraction of sp³-hybridized carbons (Fsp3) is 0.545. The number of nitrogens with zero attached hydrogens (tertiary/aromatic N) is 2. The molecule has 1 N–H and O–H groups in total. The Kier molecular flexibility index (Phi) is 3.63. The second-order valence-electron chi connectivity index (χ2n) is 4.08. The Hall–Kier alpha value is -1.14. The average molecular weight is 245 g/mol. The van der Waals surface area contributed by atoms with Gasteiger partial charge in [-0.05, 0) is 11.6 Å². The van der Waals surface area contributed by atoms with Gasteiger partial charge in [0.25, 0.3) is 0 Å². The number of aromatic nitrogens is 1. The molecule has 3 nitrogen and oxygen atoms in total. The smallest absolute Gasteiger partial charge is 0.314 e. The highest BCUT2D eigenvalue weighted by Gasteiger charge is 2.32. The molecule has 1 aliphatic heterocycles. The van der Waals surface area contributed by atoms with Crippen molar-refractivity contribution in [2.45, 2.75) is 12.7 Å². The first-order chi connectivity index (χ1) is 8.05. The zero-order valence-electron chi connectivity index (χ0n) is 9.30. The highest BCUT2D eigenvalue weighted by Crippen LogP contribution is 2.27. The molecule has 2 rings (SSSR count). The third-order valence-corrected chi connectivity index (χ3v) is 2.73. The van der Waals surface area contributed by atoms with Gasteiger partial charge >= 0.3 is 6.18 Å². The molecule has 1 fully saturated rings. The van der Waals surface area contributed by atoms with Crippen LogP contribution in [0.3, 0.4) is 0 Å². The number of piperazine rings is 1. The van der Waals surface area contributed by atoms with E-state index in [0.717, 1.165) is 37.8 Å². The van der Waals surface area contributed by atoms with Crippen molar-refractivity contribution in [1.29, 1.82) is 0 Å². The Balaban J connectivity index is 1.98. The summed E-state index contributed by atoms with van der Waals surface area (Å²) >= 11 is 0. The molecule has 0 unspecified atom stereocenters. The van der Waals surface area contributed by atoms with E-state index in [2.05, 4.69) is 15.2 Å². The largest absolute Gasteiger partial charge is 0.433 e. The second-order valence-corrected chi connectivity index (χ2v) is 4.08. The SMILES string of the molecule is FC(F)(F)c1ccc(CN2CCNCC2)cn1. The van der Waals surface area contributed by atoms with E-state index in [0.29, 0.717) is 6.54 Å². The summed E-state index contributed by atoms with van der Waals surface area (Å²) in [5.41, 5.74) is -0.0125. The van der Waals surface area contributed by atoms with Gasteiger partial charge in [-0.25, -0.2) is 0 Å². The Morgan fingerprint density at radius 2 is 1.94 bits per heavy atom. The number of hydrogen-bond donors (Lipinski definition) is 1. The Labute approximate surface area is 97.6 Å². The van der Waals surface area contributed by atoms with Gasteiger partial charge in [0.2, 0.25) is 0 Å². The lowest BCUT2D eigenvalue weighted by molar-refractivity contribution is -0.141. The molecule has 1 aliphatic rings.